The monoisotopic (exact) mass is 410 g/mol. The zero-order valence-corrected chi connectivity index (χ0v) is 15.9. The molecule has 0 N–H and O–H groups in total. The fourth-order valence-corrected chi connectivity index (χ4v) is 3.51. The van der Waals surface area contributed by atoms with Gasteiger partial charge in [-0.25, -0.2) is 17.1 Å². The summed E-state index contributed by atoms with van der Waals surface area (Å²) >= 11 is 0. The summed E-state index contributed by atoms with van der Waals surface area (Å²) in [4.78, 5) is 21.8. The van der Waals surface area contributed by atoms with Gasteiger partial charge in [0.2, 0.25) is 10.0 Å². The fourth-order valence-electron chi connectivity index (χ4n) is 2.30. The van der Waals surface area contributed by atoms with Gasteiger partial charge in [-0.15, -0.1) is 0 Å². The van der Waals surface area contributed by atoms with Gasteiger partial charge in [0, 0.05) is 32.1 Å². The van der Waals surface area contributed by atoms with E-state index in [4.69, 9.17) is 4.74 Å². The van der Waals surface area contributed by atoms with E-state index in [0.717, 1.165) is 16.4 Å². The van der Waals surface area contributed by atoms with Gasteiger partial charge in [-0.3, -0.25) is 14.9 Å². The van der Waals surface area contributed by atoms with Crippen molar-refractivity contribution < 1.29 is 27.3 Å². The molecule has 2 aromatic rings. The number of carbonyl (C=O) groups is 1. The van der Waals surface area contributed by atoms with E-state index >= 15 is 0 Å². The van der Waals surface area contributed by atoms with Crippen LogP contribution in [-0.4, -0.2) is 37.2 Å². The summed E-state index contributed by atoms with van der Waals surface area (Å²) < 4.78 is 43.8. The zero-order chi connectivity index (χ0) is 20.7. The molecule has 0 radical (unpaired) electrons. The largest absolute Gasteiger partial charge is 0.461 e. The number of nitrogens with zero attached hydrogens (tertiary/aromatic N) is 2. The highest BCUT2D eigenvalue weighted by Crippen LogP contribution is 2.16. The Bertz CT molecular complexity index is 930. The van der Waals surface area contributed by atoms with Crippen LogP contribution < -0.4 is 0 Å². The average molecular weight is 410 g/mol. The molecule has 0 amide bonds. The van der Waals surface area contributed by atoms with Crippen molar-refractivity contribution in [2.24, 2.45) is 0 Å². The minimum absolute atomic E-state index is 0.0102. The highest BCUT2D eigenvalue weighted by atomic mass is 32.2. The first-order valence-corrected chi connectivity index (χ1v) is 9.75. The van der Waals surface area contributed by atoms with Crippen LogP contribution in [0.3, 0.4) is 0 Å². The van der Waals surface area contributed by atoms with Gasteiger partial charge in [0.15, 0.2) is 0 Å². The number of sulfonamides is 1. The lowest BCUT2D eigenvalue weighted by atomic mass is 10.2. The van der Waals surface area contributed by atoms with E-state index in [1.165, 1.54) is 43.4 Å². The normalized spacial score (nSPS) is 11.4. The summed E-state index contributed by atoms with van der Waals surface area (Å²) in [6, 6.07) is 10.1. The van der Waals surface area contributed by atoms with Crippen molar-refractivity contribution in [2.45, 2.75) is 24.3 Å². The van der Waals surface area contributed by atoms with Crippen LogP contribution in [-0.2, 0) is 26.2 Å². The number of hydrogen-bond acceptors (Lipinski definition) is 6. The van der Waals surface area contributed by atoms with Crippen LogP contribution in [0.4, 0.5) is 10.1 Å². The molecule has 150 valence electrons. The quantitative estimate of drug-likeness (QED) is 0.357. The van der Waals surface area contributed by atoms with Crippen molar-refractivity contribution in [1.82, 2.24) is 4.31 Å². The number of non-ortho nitro benzene ring substituents is 1. The first kappa shape index (κ1) is 21.5. The number of rotatable bonds is 9. The van der Waals surface area contributed by atoms with Gasteiger partial charge < -0.3 is 4.74 Å². The Morgan fingerprint density at radius 1 is 1.14 bits per heavy atom. The second-order valence-electron chi connectivity index (χ2n) is 5.97. The van der Waals surface area contributed by atoms with Crippen LogP contribution in [0.1, 0.15) is 18.4 Å². The van der Waals surface area contributed by atoms with Gasteiger partial charge in [-0.05, 0) is 48.4 Å². The molecule has 8 nitrogen and oxygen atoms in total. The molecule has 0 aliphatic carbocycles. The molecule has 28 heavy (non-hydrogen) atoms. The van der Waals surface area contributed by atoms with E-state index in [9.17, 15) is 27.7 Å². The lowest BCUT2D eigenvalue weighted by Crippen LogP contribution is -2.28. The van der Waals surface area contributed by atoms with Crippen molar-refractivity contribution in [3.8, 4) is 0 Å². The van der Waals surface area contributed by atoms with E-state index in [0.29, 0.717) is 5.56 Å². The molecule has 0 saturated heterocycles. The molecule has 0 atom stereocenters. The summed E-state index contributed by atoms with van der Waals surface area (Å²) in [7, 11) is -2.38. The molecule has 0 aliphatic heterocycles. The van der Waals surface area contributed by atoms with Gasteiger partial charge in [0.1, 0.15) is 12.4 Å². The number of ether oxygens (including phenoxy) is 1. The van der Waals surface area contributed by atoms with E-state index < -0.39 is 26.7 Å². The van der Waals surface area contributed by atoms with Crippen LogP contribution in [0.15, 0.2) is 53.4 Å². The SMILES string of the molecule is CN(CCCC(=O)OCc1ccc([N+](=O)[O-])cc1)S(=O)(=O)c1ccc(F)cc1. The number of nitro groups is 1. The van der Waals surface area contributed by atoms with E-state index in [1.54, 1.807) is 0 Å². The molecule has 0 spiro atoms. The van der Waals surface area contributed by atoms with E-state index in [-0.39, 0.29) is 36.6 Å². The molecule has 0 heterocycles. The Balaban J connectivity index is 1.78. The molecule has 0 unspecified atom stereocenters. The second-order valence-corrected chi connectivity index (χ2v) is 8.01. The number of carbonyl (C=O) groups excluding carboxylic acids is 1. The molecule has 0 aliphatic rings. The summed E-state index contributed by atoms with van der Waals surface area (Å²) in [6.07, 6.45) is 0.256. The number of nitro benzene ring substituents is 1. The summed E-state index contributed by atoms with van der Waals surface area (Å²) in [5, 5.41) is 10.6. The van der Waals surface area contributed by atoms with Crippen LogP contribution in [0.5, 0.6) is 0 Å². The van der Waals surface area contributed by atoms with Crippen molar-refractivity contribution in [3.05, 3.63) is 70.0 Å². The first-order valence-electron chi connectivity index (χ1n) is 8.31. The molecule has 0 bridgehead atoms. The van der Waals surface area contributed by atoms with Crippen LogP contribution in [0, 0.1) is 15.9 Å². The van der Waals surface area contributed by atoms with Gasteiger partial charge in [0.05, 0.1) is 9.82 Å². The summed E-state index contributed by atoms with van der Waals surface area (Å²) in [5.41, 5.74) is 0.551. The Morgan fingerprint density at radius 2 is 1.75 bits per heavy atom. The minimum atomic E-state index is -3.76. The maximum Gasteiger partial charge on any atom is 0.306 e. The third-order valence-electron chi connectivity index (χ3n) is 3.92. The fraction of sp³-hybridized carbons (Fsp3) is 0.278. The van der Waals surface area contributed by atoms with Crippen molar-refractivity contribution in [2.75, 3.05) is 13.6 Å². The van der Waals surface area contributed by atoms with Crippen LogP contribution >= 0.6 is 0 Å². The number of esters is 1. The predicted molar refractivity (Wildman–Crippen MR) is 98.3 cm³/mol. The second kappa shape index (κ2) is 9.38. The summed E-state index contributed by atoms with van der Waals surface area (Å²) in [6.45, 7) is 0.0624. The molecular formula is C18H19FN2O6S. The molecule has 2 rings (SSSR count). The van der Waals surface area contributed by atoms with Crippen molar-refractivity contribution in [1.29, 1.82) is 0 Å². The third kappa shape index (κ3) is 5.83. The van der Waals surface area contributed by atoms with E-state index in [1.807, 2.05) is 0 Å². The van der Waals surface area contributed by atoms with Crippen LogP contribution in [0.2, 0.25) is 0 Å². The highest BCUT2D eigenvalue weighted by Gasteiger charge is 2.20. The van der Waals surface area contributed by atoms with Gasteiger partial charge in [0.25, 0.3) is 5.69 Å². The van der Waals surface area contributed by atoms with Gasteiger partial charge in [-0.1, -0.05) is 0 Å². The molecular weight excluding hydrogens is 391 g/mol. The maximum absolute atomic E-state index is 12.9. The van der Waals surface area contributed by atoms with Gasteiger partial charge >= 0.3 is 5.97 Å². The third-order valence-corrected chi connectivity index (χ3v) is 5.79. The van der Waals surface area contributed by atoms with E-state index in [2.05, 4.69) is 0 Å². The number of hydrogen-bond donors (Lipinski definition) is 0. The first-order chi connectivity index (χ1) is 13.2. The number of benzene rings is 2. The molecule has 0 fully saturated rings. The minimum Gasteiger partial charge on any atom is -0.461 e. The Morgan fingerprint density at radius 3 is 2.32 bits per heavy atom. The molecule has 2 aromatic carbocycles. The lowest BCUT2D eigenvalue weighted by Gasteiger charge is -2.17. The molecule has 10 heteroatoms. The topological polar surface area (TPSA) is 107 Å². The summed E-state index contributed by atoms with van der Waals surface area (Å²) in [5.74, 6) is -1.04. The smallest absolute Gasteiger partial charge is 0.306 e. The number of halogens is 1. The molecule has 0 aromatic heterocycles. The van der Waals surface area contributed by atoms with Crippen molar-refractivity contribution >= 4 is 21.7 Å². The van der Waals surface area contributed by atoms with Crippen LogP contribution in [0.25, 0.3) is 0 Å². The van der Waals surface area contributed by atoms with Crippen molar-refractivity contribution in [3.63, 3.8) is 0 Å². The Hall–Kier alpha value is -2.85. The standard InChI is InChI=1S/C18H19FN2O6S/c1-20(28(25,26)17-10-6-15(19)7-11-17)12-2-3-18(22)27-13-14-4-8-16(9-5-14)21(23)24/h4-11H,2-3,12-13H2,1H3. The predicted octanol–water partition coefficient (Wildman–Crippen LogP) is 2.88. The Labute approximate surface area is 161 Å². The van der Waals surface area contributed by atoms with Gasteiger partial charge in [-0.2, -0.15) is 0 Å². The average Bonchev–Trinajstić information content (AvgIpc) is 2.67. The Kier molecular flexibility index (Phi) is 7.18. The molecule has 0 saturated carbocycles. The maximum atomic E-state index is 12.9. The highest BCUT2D eigenvalue weighted by molar-refractivity contribution is 7.89. The lowest BCUT2D eigenvalue weighted by molar-refractivity contribution is -0.384. The zero-order valence-electron chi connectivity index (χ0n) is 15.1.